The molecule has 3 N–H and O–H groups in total. The van der Waals surface area contributed by atoms with E-state index < -0.39 is 5.82 Å². The number of rotatable bonds is 6. The number of nitrogens with one attached hydrogen (secondary N) is 3. The molecule has 0 atom stereocenters. The maximum absolute atomic E-state index is 13.7. The second kappa shape index (κ2) is 8.69. The molecule has 1 aromatic carbocycles. The van der Waals surface area contributed by atoms with Gasteiger partial charge in [0.2, 0.25) is 0 Å². The van der Waals surface area contributed by atoms with E-state index in [1.165, 1.54) is 23.2 Å². The van der Waals surface area contributed by atoms with E-state index in [0.717, 1.165) is 56.3 Å². The molecule has 0 bridgehead atoms. The monoisotopic (exact) mass is 417 g/mol. The van der Waals surface area contributed by atoms with Crippen LogP contribution in [0.2, 0.25) is 0 Å². The first kappa shape index (κ1) is 19.4. The van der Waals surface area contributed by atoms with Crippen molar-refractivity contribution in [2.45, 2.75) is 6.42 Å². The Balaban J connectivity index is 1.39. The van der Waals surface area contributed by atoms with Crippen LogP contribution in [0.15, 0.2) is 55.0 Å². The van der Waals surface area contributed by atoms with Crippen LogP contribution in [0.5, 0.6) is 0 Å². The van der Waals surface area contributed by atoms with Crippen LogP contribution in [-0.2, 0) is 6.42 Å². The fraction of sp³-hybridized carbons (Fsp3) is 0.261. The molecule has 0 aliphatic carbocycles. The molecule has 0 saturated carbocycles. The van der Waals surface area contributed by atoms with E-state index in [4.69, 9.17) is 4.98 Å². The molecule has 0 spiro atoms. The van der Waals surface area contributed by atoms with Gasteiger partial charge in [0.15, 0.2) is 5.82 Å². The van der Waals surface area contributed by atoms with Gasteiger partial charge in [-0.2, -0.15) is 0 Å². The largest absolute Gasteiger partial charge is 0.370 e. The summed E-state index contributed by atoms with van der Waals surface area (Å²) < 4.78 is 13.7. The number of H-pyrrole nitrogens is 1. The molecule has 31 heavy (non-hydrogen) atoms. The number of piperazine rings is 1. The lowest BCUT2D eigenvalue weighted by atomic mass is 10.1. The van der Waals surface area contributed by atoms with Gasteiger partial charge in [0.1, 0.15) is 17.5 Å². The van der Waals surface area contributed by atoms with Gasteiger partial charge >= 0.3 is 0 Å². The van der Waals surface area contributed by atoms with Gasteiger partial charge in [-0.3, -0.25) is 4.98 Å². The predicted molar refractivity (Wildman–Crippen MR) is 121 cm³/mol. The second-order valence-electron chi connectivity index (χ2n) is 7.60. The molecule has 8 heteroatoms. The summed E-state index contributed by atoms with van der Waals surface area (Å²) in [4.78, 5) is 18.8. The third-order valence-corrected chi connectivity index (χ3v) is 5.49. The smallest absolute Gasteiger partial charge is 0.165 e. The fourth-order valence-corrected chi connectivity index (χ4v) is 3.91. The first-order valence-corrected chi connectivity index (χ1v) is 10.5. The Morgan fingerprint density at radius 1 is 1.06 bits per heavy atom. The summed E-state index contributed by atoms with van der Waals surface area (Å²) in [6.45, 7) is 4.27. The fourth-order valence-electron chi connectivity index (χ4n) is 3.91. The summed E-state index contributed by atoms with van der Waals surface area (Å²) in [5, 5.41) is 8.02. The van der Waals surface area contributed by atoms with E-state index in [0.29, 0.717) is 11.4 Å². The highest BCUT2D eigenvalue weighted by atomic mass is 19.1. The summed E-state index contributed by atoms with van der Waals surface area (Å²) >= 11 is 0. The van der Waals surface area contributed by atoms with E-state index in [1.54, 1.807) is 6.20 Å². The zero-order valence-corrected chi connectivity index (χ0v) is 17.1. The highest BCUT2D eigenvalue weighted by Crippen LogP contribution is 2.23. The Kier molecular flexibility index (Phi) is 5.45. The van der Waals surface area contributed by atoms with Crippen LogP contribution >= 0.6 is 0 Å². The molecule has 1 aliphatic rings. The van der Waals surface area contributed by atoms with Crippen LogP contribution in [0.4, 0.5) is 16.0 Å². The first-order valence-electron chi connectivity index (χ1n) is 10.5. The van der Waals surface area contributed by atoms with Crippen molar-refractivity contribution in [2.75, 3.05) is 42.9 Å². The topological polar surface area (TPSA) is 81.8 Å². The number of aromatic nitrogens is 4. The van der Waals surface area contributed by atoms with Gasteiger partial charge in [-0.15, -0.1) is 0 Å². The van der Waals surface area contributed by atoms with Crippen LogP contribution < -0.4 is 15.5 Å². The molecule has 1 fully saturated rings. The highest BCUT2D eigenvalue weighted by molar-refractivity contribution is 5.83. The van der Waals surface area contributed by atoms with Gasteiger partial charge in [0.25, 0.3) is 0 Å². The molecular weight excluding hydrogens is 393 g/mol. The number of nitrogens with zero attached hydrogens (tertiary/aromatic N) is 4. The average Bonchev–Trinajstić information content (AvgIpc) is 3.23. The molecule has 5 rings (SSSR count). The van der Waals surface area contributed by atoms with Gasteiger partial charge in [0.05, 0.1) is 6.20 Å². The molecule has 158 valence electrons. The molecule has 7 nitrogen and oxygen atoms in total. The molecule has 0 unspecified atom stereocenters. The number of anilines is 2. The van der Waals surface area contributed by atoms with E-state index in [2.05, 4.69) is 54.9 Å². The van der Waals surface area contributed by atoms with Gasteiger partial charge in [-0.05, 0) is 24.1 Å². The SMILES string of the molecule is Fc1cncc(-c2nc(NCCc3c[nH]c4ccccc34)cc(N3CCNCC3)n2)c1. The third kappa shape index (κ3) is 4.34. The third-order valence-electron chi connectivity index (χ3n) is 5.49. The normalized spacial score (nSPS) is 14.2. The lowest BCUT2D eigenvalue weighted by molar-refractivity contribution is 0.585. The molecule has 3 aromatic heterocycles. The van der Waals surface area contributed by atoms with Crippen LogP contribution in [0.1, 0.15) is 5.56 Å². The summed E-state index contributed by atoms with van der Waals surface area (Å²) in [6.07, 6.45) is 5.69. The van der Waals surface area contributed by atoms with E-state index in [1.807, 2.05) is 12.1 Å². The minimum atomic E-state index is -0.400. The first-order chi connectivity index (χ1) is 15.3. The minimum Gasteiger partial charge on any atom is -0.370 e. The summed E-state index contributed by atoms with van der Waals surface area (Å²) in [7, 11) is 0. The van der Waals surface area contributed by atoms with Crippen molar-refractivity contribution in [2.24, 2.45) is 0 Å². The molecule has 0 radical (unpaired) electrons. The van der Waals surface area contributed by atoms with Crippen molar-refractivity contribution in [3.8, 4) is 11.4 Å². The standard InChI is InChI=1S/C23H24FN7/c24-18-11-17(13-26-15-18)23-29-21(12-22(30-23)31-9-7-25-8-10-31)27-6-5-16-14-28-20-4-2-1-3-19(16)20/h1-4,11-15,25,28H,5-10H2,(H,27,29,30). The molecule has 1 aliphatic heterocycles. The summed E-state index contributed by atoms with van der Waals surface area (Å²) in [5.41, 5.74) is 2.96. The molecular formula is C23H24FN7. The number of hydrogen-bond acceptors (Lipinski definition) is 6. The van der Waals surface area contributed by atoms with Crippen molar-refractivity contribution in [3.05, 3.63) is 66.4 Å². The Hall–Kier alpha value is -3.52. The number of hydrogen-bond donors (Lipinski definition) is 3. The Morgan fingerprint density at radius 2 is 1.94 bits per heavy atom. The van der Waals surface area contributed by atoms with E-state index in [-0.39, 0.29) is 0 Å². The van der Waals surface area contributed by atoms with Crippen molar-refractivity contribution >= 4 is 22.5 Å². The summed E-state index contributed by atoms with van der Waals surface area (Å²) in [5.74, 6) is 1.63. The van der Waals surface area contributed by atoms with Crippen LogP contribution in [0, 0.1) is 5.82 Å². The minimum absolute atomic E-state index is 0.400. The zero-order chi connectivity index (χ0) is 21.0. The Labute approximate surface area is 179 Å². The second-order valence-corrected chi connectivity index (χ2v) is 7.60. The number of benzene rings is 1. The Bertz CT molecular complexity index is 1180. The molecule has 4 aromatic rings. The molecule has 1 saturated heterocycles. The number of aromatic amines is 1. The predicted octanol–water partition coefficient (Wildman–Crippen LogP) is 3.22. The van der Waals surface area contributed by atoms with Crippen LogP contribution in [-0.4, -0.2) is 52.7 Å². The van der Waals surface area contributed by atoms with Gasteiger partial charge in [0, 0.05) is 67.7 Å². The average molecular weight is 417 g/mol. The quantitative estimate of drug-likeness (QED) is 0.447. The Morgan fingerprint density at radius 3 is 2.81 bits per heavy atom. The van der Waals surface area contributed by atoms with Crippen molar-refractivity contribution in [1.82, 2.24) is 25.3 Å². The van der Waals surface area contributed by atoms with Crippen molar-refractivity contribution in [3.63, 3.8) is 0 Å². The van der Waals surface area contributed by atoms with E-state index in [9.17, 15) is 4.39 Å². The van der Waals surface area contributed by atoms with Gasteiger partial charge in [-0.25, -0.2) is 14.4 Å². The number of halogens is 1. The van der Waals surface area contributed by atoms with Crippen molar-refractivity contribution < 1.29 is 4.39 Å². The van der Waals surface area contributed by atoms with E-state index >= 15 is 0 Å². The summed E-state index contributed by atoms with van der Waals surface area (Å²) in [6, 6.07) is 11.7. The maximum Gasteiger partial charge on any atom is 0.165 e. The van der Waals surface area contributed by atoms with Gasteiger partial charge < -0.3 is 20.5 Å². The number of para-hydroxylation sites is 1. The zero-order valence-electron chi connectivity index (χ0n) is 17.1. The lowest BCUT2D eigenvalue weighted by Gasteiger charge is -2.29. The molecule has 0 amide bonds. The molecule has 4 heterocycles. The van der Waals surface area contributed by atoms with Crippen LogP contribution in [0.25, 0.3) is 22.3 Å². The lowest BCUT2D eigenvalue weighted by Crippen LogP contribution is -2.44. The van der Waals surface area contributed by atoms with Crippen LogP contribution in [0.3, 0.4) is 0 Å². The highest BCUT2D eigenvalue weighted by Gasteiger charge is 2.16. The maximum atomic E-state index is 13.7. The number of pyridine rings is 1. The van der Waals surface area contributed by atoms with Gasteiger partial charge in [-0.1, -0.05) is 18.2 Å². The van der Waals surface area contributed by atoms with Crippen molar-refractivity contribution in [1.29, 1.82) is 0 Å². The number of fused-ring (bicyclic) bond motifs is 1.